The molecule has 25 heavy (non-hydrogen) atoms. The smallest absolute Gasteiger partial charge is 0.258 e. The van der Waals surface area contributed by atoms with Gasteiger partial charge in [0.1, 0.15) is 17.0 Å². The highest BCUT2D eigenvalue weighted by atomic mass is 35.5. The van der Waals surface area contributed by atoms with Crippen LogP contribution in [-0.4, -0.2) is 22.5 Å². The van der Waals surface area contributed by atoms with E-state index in [1.165, 1.54) is 0 Å². The molecule has 0 bridgehead atoms. The summed E-state index contributed by atoms with van der Waals surface area (Å²) in [7, 11) is 0. The van der Waals surface area contributed by atoms with E-state index in [1.807, 2.05) is 32.0 Å². The van der Waals surface area contributed by atoms with E-state index in [0.29, 0.717) is 34.4 Å². The maximum Gasteiger partial charge on any atom is 0.258 e. The molecule has 0 aliphatic carbocycles. The van der Waals surface area contributed by atoms with Crippen molar-refractivity contribution in [2.24, 2.45) is 0 Å². The number of rotatable bonds is 5. The van der Waals surface area contributed by atoms with E-state index >= 15 is 0 Å². The Morgan fingerprint density at radius 2 is 2.00 bits per heavy atom. The van der Waals surface area contributed by atoms with Crippen LogP contribution in [0.3, 0.4) is 0 Å². The zero-order chi connectivity index (χ0) is 18.0. The molecule has 7 heteroatoms. The number of nitrogens with one attached hydrogen (secondary N) is 1. The van der Waals surface area contributed by atoms with Gasteiger partial charge in [0.05, 0.1) is 0 Å². The lowest BCUT2D eigenvalue weighted by molar-refractivity contribution is -0.123. The van der Waals surface area contributed by atoms with Crippen LogP contribution in [0.25, 0.3) is 11.1 Å². The number of amides is 1. The second-order valence-corrected chi connectivity index (χ2v) is 6.10. The molecule has 0 saturated carbocycles. The van der Waals surface area contributed by atoms with Crippen LogP contribution in [0.4, 0.5) is 0 Å². The van der Waals surface area contributed by atoms with E-state index < -0.39 is 0 Å². The van der Waals surface area contributed by atoms with Gasteiger partial charge >= 0.3 is 0 Å². The fourth-order valence-corrected chi connectivity index (χ4v) is 2.64. The van der Waals surface area contributed by atoms with Gasteiger partial charge < -0.3 is 14.5 Å². The Bertz CT molecular complexity index is 937. The molecule has 1 amide bonds. The lowest BCUT2D eigenvalue weighted by Crippen LogP contribution is -2.28. The molecule has 0 aliphatic rings. The highest BCUT2D eigenvalue weighted by Crippen LogP contribution is 2.30. The van der Waals surface area contributed by atoms with Gasteiger partial charge in [-0.2, -0.15) is 9.97 Å². The van der Waals surface area contributed by atoms with Crippen molar-refractivity contribution >= 4 is 28.6 Å². The molecule has 130 valence electrons. The molecule has 0 saturated heterocycles. The monoisotopic (exact) mass is 359 g/mol. The summed E-state index contributed by atoms with van der Waals surface area (Å²) in [5, 5.41) is 4.09. The minimum atomic E-state index is -0.262. The molecule has 0 radical (unpaired) electrons. The van der Waals surface area contributed by atoms with Gasteiger partial charge in [0.15, 0.2) is 6.61 Å². The van der Waals surface area contributed by atoms with Crippen molar-refractivity contribution in [2.45, 2.75) is 27.3 Å². The first-order chi connectivity index (χ1) is 12.0. The van der Waals surface area contributed by atoms with Gasteiger partial charge in [-0.05, 0) is 32.4 Å². The maximum absolute atomic E-state index is 12.1. The summed E-state index contributed by atoms with van der Waals surface area (Å²) < 4.78 is 11.2. The van der Waals surface area contributed by atoms with Crippen molar-refractivity contribution in [1.82, 2.24) is 15.3 Å². The standard InChI is InChI=1S/C18H18ClN3O3/c1-10-11(2)25-18-16(10)17(21-12(3)22-18)24-9-15(23)20-8-13-6-4-5-7-14(13)19/h4-7H,8-9H2,1-3H3,(H,20,23). The molecule has 0 fully saturated rings. The largest absolute Gasteiger partial charge is 0.467 e. The van der Waals surface area contributed by atoms with Crippen LogP contribution < -0.4 is 10.1 Å². The van der Waals surface area contributed by atoms with Crippen LogP contribution >= 0.6 is 11.6 Å². The van der Waals surface area contributed by atoms with Crippen molar-refractivity contribution in [3.05, 3.63) is 52.0 Å². The van der Waals surface area contributed by atoms with Crippen LogP contribution in [0.2, 0.25) is 5.02 Å². The van der Waals surface area contributed by atoms with Crippen LogP contribution in [0, 0.1) is 20.8 Å². The minimum absolute atomic E-state index is 0.153. The average Bonchev–Trinajstić information content (AvgIpc) is 2.86. The number of hydrogen-bond acceptors (Lipinski definition) is 5. The third kappa shape index (κ3) is 3.74. The molecule has 2 heterocycles. The third-order valence-electron chi connectivity index (χ3n) is 3.88. The predicted molar refractivity (Wildman–Crippen MR) is 94.8 cm³/mol. The van der Waals surface area contributed by atoms with E-state index in [-0.39, 0.29) is 12.5 Å². The maximum atomic E-state index is 12.1. The van der Waals surface area contributed by atoms with Crippen LogP contribution in [0.1, 0.15) is 22.7 Å². The fourth-order valence-electron chi connectivity index (χ4n) is 2.44. The number of nitrogens with zero attached hydrogens (tertiary/aromatic N) is 2. The number of hydrogen-bond donors (Lipinski definition) is 1. The van der Waals surface area contributed by atoms with Gasteiger partial charge in [-0.25, -0.2) is 0 Å². The zero-order valence-corrected chi connectivity index (χ0v) is 15.0. The zero-order valence-electron chi connectivity index (χ0n) is 14.2. The molecule has 3 rings (SSSR count). The van der Waals surface area contributed by atoms with Crippen molar-refractivity contribution in [3.63, 3.8) is 0 Å². The van der Waals surface area contributed by atoms with Crippen molar-refractivity contribution < 1.29 is 13.9 Å². The minimum Gasteiger partial charge on any atom is -0.467 e. The lowest BCUT2D eigenvalue weighted by atomic mass is 10.2. The quantitative estimate of drug-likeness (QED) is 0.754. The molecular formula is C18H18ClN3O3. The van der Waals surface area contributed by atoms with E-state index in [4.69, 9.17) is 20.8 Å². The molecule has 0 aliphatic heterocycles. The highest BCUT2D eigenvalue weighted by Gasteiger charge is 2.17. The third-order valence-corrected chi connectivity index (χ3v) is 4.25. The van der Waals surface area contributed by atoms with Gasteiger partial charge in [-0.15, -0.1) is 0 Å². The van der Waals surface area contributed by atoms with Gasteiger partial charge in [0, 0.05) is 17.1 Å². The number of benzene rings is 1. The summed E-state index contributed by atoms with van der Waals surface area (Å²) >= 11 is 6.07. The number of aromatic nitrogens is 2. The summed E-state index contributed by atoms with van der Waals surface area (Å²) in [5.74, 6) is 1.36. The first kappa shape index (κ1) is 17.2. The van der Waals surface area contributed by atoms with E-state index in [9.17, 15) is 4.79 Å². The Balaban J connectivity index is 1.68. The molecule has 1 aromatic carbocycles. The van der Waals surface area contributed by atoms with Crippen molar-refractivity contribution in [3.8, 4) is 5.88 Å². The number of ether oxygens (including phenoxy) is 1. The van der Waals surface area contributed by atoms with E-state index in [0.717, 1.165) is 16.9 Å². The van der Waals surface area contributed by atoms with E-state index in [1.54, 1.807) is 13.0 Å². The van der Waals surface area contributed by atoms with Gasteiger partial charge in [0.2, 0.25) is 11.6 Å². The summed E-state index contributed by atoms with van der Waals surface area (Å²) in [5.41, 5.74) is 2.22. The summed E-state index contributed by atoms with van der Waals surface area (Å²) in [6.45, 7) is 5.69. The lowest BCUT2D eigenvalue weighted by Gasteiger charge is -2.09. The van der Waals surface area contributed by atoms with Gasteiger partial charge in [-0.3, -0.25) is 4.79 Å². The second kappa shape index (κ2) is 7.11. The molecule has 6 nitrogen and oxygen atoms in total. The molecule has 0 unspecified atom stereocenters. The normalized spacial score (nSPS) is 10.9. The number of carbonyl (C=O) groups excluding carboxylic acids is 1. The Morgan fingerprint density at radius 1 is 1.24 bits per heavy atom. The molecule has 0 spiro atoms. The number of furan rings is 1. The van der Waals surface area contributed by atoms with Gasteiger partial charge in [0.25, 0.3) is 5.91 Å². The second-order valence-electron chi connectivity index (χ2n) is 5.70. The molecule has 0 atom stereocenters. The van der Waals surface area contributed by atoms with Crippen molar-refractivity contribution in [2.75, 3.05) is 6.61 Å². The molecule has 3 aromatic rings. The van der Waals surface area contributed by atoms with Crippen LogP contribution in [-0.2, 0) is 11.3 Å². The summed E-state index contributed by atoms with van der Waals surface area (Å²) in [6, 6.07) is 7.35. The first-order valence-electron chi connectivity index (χ1n) is 7.83. The number of fused-ring (bicyclic) bond motifs is 1. The number of halogens is 1. The van der Waals surface area contributed by atoms with E-state index in [2.05, 4.69) is 15.3 Å². The first-order valence-corrected chi connectivity index (χ1v) is 8.20. The summed E-state index contributed by atoms with van der Waals surface area (Å²) in [4.78, 5) is 20.6. The Morgan fingerprint density at radius 3 is 2.76 bits per heavy atom. The number of aryl methyl sites for hydroxylation is 3. The number of carbonyl (C=O) groups is 1. The van der Waals surface area contributed by atoms with Crippen LogP contribution in [0.5, 0.6) is 5.88 Å². The summed E-state index contributed by atoms with van der Waals surface area (Å²) in [6.07, 6.45) is 0. The Labute approximate surface area is 150 Å². The van der Waals surface area contributed by atoms with Gasteiger partial charge in [-0.1, -0.05) is 29.8 Å². The SMILES string of the molecule is Cc1nc(OCC(=O)NCc2ccccc2Cl)c2c(C)c(C)oc2n1. The Hall–Kier alpha value is -2.60. The fraction of sp³-hybridized carbons (Fsp3) is 0.278. The highest BCUT2D eigenvalue weighted by molar-refractivity contribution is 6.31. The Kier molecular flexibility index (Phi) is 4.90. The van der Waals surface area contributed by atoms with Crippen molar-refractivity contribution in [1.29, 1.82) is 0 Å². The molecule has 2 aromatic heterocycles. The topological polar surface area (TPSA) is 77.2 Å². The van der Waals surface area contributed by atoms with Crippen LogP contribution in [0.15, 0.2) is 28.7 Å². The predicted octanol–water partition coefficient (Wildman–Crippen LogP) is 3.50. The molecule has 1 N–H and O–H groups in total. The average molecular weight is 360 g/mol. The molecular weight excluding hydrogens is 342 g/mol.